The number of benzene rings is 2. The number of piperidine rings is 1. The molecule has 1 aliphatic rings. The van der Waals surface area contributed by atoms with Crippen LogP contribution in [0.2, 0.25) is 0 Å². The Labute approximate surface area is 215 Å². The largest absolute Gasteiger partial charge is 0.467 e. The highest BCUT2D eigenvalue weighted by Crippen LogP contribution is 2.34. The van der Waals surface area contributed by atoms with Gasteiger partial charge >= 0.3 is 0 Å². The van der Waals surface area contributed by atoms with Crippen molar-refractivity contribution in [2.24, 2.45) is 0 Å². The van der Waals surface area contributed by atoms with Gasteiger partial charge in [-0.1, -0.05) is 23.8 Å². The molecule has 2 aromatic heterocycles. The molecular formula is C27H29N3O4S2. The van der Waals surface area contributed by atoms with Crippen molar-refractivity contribution in [1.82, 2.24) is 9.29 Å². The van der Waals surface area contributed by atoms with Crippen LogP contribution in [0.1, 0.15) is 53.4 Å². The summed E-state index contributed by atoms with van der Waals surface area (Å²) in [7, 11) is -3.61. The minimum Gasteiger partial charge on any atom is -0.467 e. The van der Waals surface area contributed by atoms with Crippen LogP contribution in [-0.4, -0.2) is 36.2 Å². The summed E-state index contributed by atoms with van der Waals surface area (Å²) in [5.74, 6) is 0.365. The highest BCUT2D eigenvalue weighted by molar-refractivity contribution is 7.89. The number of thiazole rings is 1. The second-order valence-electron chi connectivity index (χ2n) is 9.38. The SMILES string of the molecule is Cc1cc(C)c2sc(N(Cc3ccco3)C(=O)c3ccc(S(=O)(=O)N4CCCCC4C)cc3)nc2c1. The number of sulfonamides is 1. The molecule has 2 aromatic carbocycles. The Morgan fingerprint density at radius 2 is 1.94 bits per heavy atom. The van der Waals surface area contributed by atoms with Crippen LogP contribution in [0.4, 0.5) is 5.13 Å². The first-order valence-corrected chi connectivity index (χ1v) is 14.3. The third-order valence-electron chi connectivity index (χ3n) is 6.63. The van der Waals surface area contributed by atoms with E-state index in [9.17, 15) is 13.2 Å². The molecule has 3 heterocycles. The molecule has 1 saturated heterocycles. The van der Waals surface area contributed by atoms with Gasteiger partial charge in [-0.25, -0.2) is 13.4 Å². The van der Waals surface area contributed by atoms with Crippen molar-refractivity contribution < 1.29 is 17.6 Å². The fourth-order valence-electron chi connectivity index (χ4n) is 4.75. The smallest absolute Gasteiger partial charge is 0.260 e. The molecule has 1 atom stereocenters. The van der Waals surface area contributed by atoms with Crippen LogP contribution in [0.25, 0.3) is 10.2 Å². The lowest BCUT2D eigenvalue weighted by Gasteiger charge is -2.32. The van der Waals surface area contributed by atoms with Crippen molar-refractivity contribution in [2.75, 3.05) is 11.4 Å². The summed E-state index contributed by atoms with van der Waals surface area (Å²) < 4.78 is 34.6. The van der Waals surface area contributed by atoms with E-state index in [4.69, 9.17) is 9.40 Å². The third-order valence-corrected chi connectivity index (χ3v) is 9.89. The summed E-state index contributed by atoms with van der Waals surface area (Å²) in [6.07, 6.45) is 4.34. The van der Waals surface area contributed by atoms with E-state index >= 15 is 0 Å². The number of anilines is 1. The first-order valence-electron chi connectivity index (χ1n) is 12.1. The molecule has 0 saturated carbocycles. The highest BCUT2D eigenvalue weighted by atomic mass is 32.2. The molecule has 36 heavy (non-hydrogen) atoms. The van der Waals surface area contributed by atoms with E-state index < -0.39 is 10.0 Å². The standard InChI is InChI=1S/C27H29N3O4S2/c1-18-15-19(2)25-24(16-18)28-27(35-25)29(17-22-8-6-14-34-22)26(31)21-9-11-23(12-10-21)36(32,33)30-13-5-4-7-20(30)3/h6,8-12,14-16,20H,4-5,7,13,17H2,1-3H3. The van der Waals surface area contributed by atoms with Gasteiger partial charge in [0.2, 0.25) is 10.0 Å². The molecule has 1 unspecified atom stereocenters. The van der Waals surface area contributed by atoms with Gasteiger partial charge in [-0.15, -0.1) is 0 Å². The summed E-state index contributed by atoms with van der Waals surface area (Å²) in [4.78, 5) is 20.3. The van der Waals surface area contributed by atoms with Gasteiger partial charge in [0.15, 0.2) is 5.13 Å². The van der Waals surface area contributed by atoms with E-state index in [2.05, 4.69) is 6.07 Å². The summed E-state index contributed by atoms with van der Waals surface area (Å²) in [5.41, 5.74) is 3.46. The van der Waals surface area contributed by atoms with Crippen LogP contribution in [0.3, 0.4) is 0 Å². The van der Waals surface area contributed by atoms with Crippen molar-refractivity contribution >= 4 is 42.6 Å². The van der Waals surface area contributed by atoms with Gasteiger partial charge in [-0.2, -0.15) is 4.31 Å². The zero-order valence-electron chi connectivity index (χ0n) is 20.6. The molecule has 0 aliphatic carbocycles. The molecule has 0 radical (unpaired) electrons. The second-order valence-corrected chi connectivity index (χ2v) is 12.3. The Morgan fingerprint density at radius 3 is 2.64 bits per heavy atom. The maximum absolute atomic E-state index is 13.7. The molecule has 9 heteroatoms. The van der Waals surface area contributed by atoms with E-state index in [1.807, 2.05) is 32.9 Å². The quantitative estimate of drug-likeness (QED) is 0.313. The number of carbonyl (C=O) groups excluding carboxylic acids is 1. The predicted molar refractivity (Wildman–Crippen MR) is 142 cm³/mol. The van der Waals surface area contributed by atoms with Crippen LogP contribution in [0.5, 0.6) is 0 Å². The van der Waals surface area contributed by atoms with Crippen molar-refractivity contribution in [3.63, 3.8) is 0 Å². The van der Waals surface area contributed by atoms with Gasteiger partial charge in [0.05, 0.1) is 27.9 Å². The van der Waals surface area contributed by atoms with Gasteiger partial charge in [-0.05, 0) is 87.2 Å². The number of nitrogens with zero attached hydrogens (tertiary/aromatic N) is 3. The lowest BCUT2D eigenvalue weighted by atomic mass is 10.1. The van der Waals surface area contributed by atoms with Gasteiger partial charge in [0.1, 0.15) is 5.76 Å². The summed E-state index contributed by atoms with van der Waals surface area (Å²) >= 11 is 1.46. The Kier molecular flexibility index (Phi) is 6.72. The van der Waals surface area contributed by atoms with Crippen LogP contribution in [0, 0.1) is 13.8 Å². The monoisotopic (exact) mass is 523 g/mol. The van der Waals surface area contributed by atoms with Crippen molar-refractivity contribution in [2.45, 2.75) is 57.5 Å². The zero-order chi connectivity index (χ0) is 25.4. The molecule has 188 valence electrons. The molecular weight excluding hydrogens is 494 g/mol. The molecule has 1 aliphatic heterocycles. The molecule has 7 nitrogen and oxygen atoms in total. The third kappa shape index (κ3) is 4.70. The fraction of sp³-hybridized carbons (Fsp3) is 0.333. The molecule has 0 N–H and O–H groups in total. The number of hydrogen-bond acceptors (Lipinski definition) is 6. The van der Waals surface area contributed by atoms with E-state index in [1.165, 1.54) is 23.5 Å². The number of carbonyl (C=O) groups is 1. The fourth-order valence-corrected chi connectivity index (χ4v) is 7.47. The summed E-state index contributed by atoms with van der Waals surface area (Å²) in [6.45, 7) is 6.75. The number of hydrogen-bond donors (Lipinski definition) is 0. The number of furan rings is 1. The van der Waals surface area contributed by atoms with Crippen molar-refractivity contribution in [3.8, 4) is 0 Å². The Morgan fingerprint density at radius 1 is 1.17 bits per heavy atom. The van der Waals surface area contributed by atoms with Gasteiger partial charge in [0, 0.05) is 18.2 Å². The van der Waals surface area contributed by atoms with Crippen LogP contribution < -0.4 is 4.90 Å². The number of rotatable bonds is 6. The average Bonchev–Trinajstić information content (AvgIpc) is 3.52. The number of aryl methyl sites for hydroxylation is 2. The van der Waals surface area contributed by atoms with E-state index in [-0.39, 0.29) is 23.4 Å². The molecule has 5 rings (SSSR count). The van der Waals surface area contributed by atoms with E-state index in [0.29, 0.717) is 23.0 Å². The molecule has 1 fully saturated rings. The number of fused-ring (bicyclic) bond motifs is 1. The van der Waals surface area contributed by atoms with Gasteiger partial charge in [-0.3, -0.25) is 9.69 Å². The second kappa shape index (κ2) is 9.80. The lowest BCUT2D eigenvalue weighted by Crippen LogP contribution is -2.41. The molecule has 4 aromatic rings. The van der Waals surface area contributed by atoms with Crippen molar-refractivity contribution in [3.05, 3.63) is 77.2 Å². The van der Waals surface area contributed by atoms with Gasteiger partial charge in [0.25, 0.3) is 5.91 Å². The normalized spacial score (nSPS) is 16.9. The first-order chi connectivity index (χ1) is 17.2. The number of aromatic nitrogens is 1. The molecule has 0 spiro atoms. The molecule has 1 amide bonds. The predicted octanol–water partition coefficient (Wildman–Crippen LogP) is 5.92. The van der Waals surface area contributed by atoms with Crippen LogP contribution in [0.15, 0.2) is 64.1 Å². The summed E-state index contributed by atoms with van der Waals surface area (Å²) in [5, 5.41) is 0.568. The minimum absolute atomic E-state index is 0.0278. The van der Waals surface area contributed by atoms with E-state index in [0.717, 1.165) is 40.6 Å². The van der Waals surface area contributed by atoms with Crippen LogP contribution >= 0.6 is 11.3 Å². The Balaban J connectivity index is 1.48. The molecule has 0 bridgehead atoms. The lowest BCUT2D eigenvalue weighted by molar-refractivity contribution is 0.0983. The maximum Gasteiger partial charge on any atom is 0.260 e. The number of amides is 1. The van der Waals surface area contributed by atoms with E-state index in [1.54, 1.807) is 33.7 Å². The topological polar surface area (TPSA) is 83.7 Å². The Bertz CT molecular complexity index is 1490. The minimum atomic E-state index is -3.61. The van der Waals surface area contributed by atoms with Gasteiger partial charge < -0.3 is 4.42 Å². The van der Waals surface area contributed by atoms with Crippen LogP contribution in [-0.2, 0) is 16.6 Å². The summed E-state index contributed by atoms with van der Waals surface area (Å²) in [6, 6.07) is 13.9. The maximum atomic E-state index is 13.7. The highest BCUT2D eigenvalue weighted by Gasteiger charge is 2.31. The zero-order valence-corrected chi connectivity index (χ0v) is 22.2. The Hall–Kier alpha value is -3.01. The van der Waals surface area contributed by atoms with Crippen molar-refractivity contribution in [1.29, 1.82) is 0 Å². The first kappa shape index (κ1) is 24.7. The average molecular weight is 524 g/mol.